The molecule has 4 N–H and O–H groups in total. The Balaban J connectivity index is 2.60. The summed E-state index contributed by atoms with van der Waals surface area (Å²) in [6.07, 6.45) is 0. The van der Waals surface area contributed by atoms with Gasteiger partial charge in [-0.2, -0.15) is 0 Å². The number of aromatic nitrogens is 2. The average molecular weight is 304 g/mol. The number of imidazole rings is 1. The third kappa shape index (κ3) is 2.79. The van der Waals surface area contributed by atoms with Crippen LogP contribution in [0, 0.1) is 6.92 Å². The van der Waals surface area contributed by atoms with Crippen molar-refractivity contribution in [1.82, 2.24) is 15.1 Å². The fourth-order valence-corrected chi connectivity index (χ4v) is 2.31. The second kappa shape index (κ2) is 5.30. The van der Waals surface area contributed by atoms with Crippen molar-refractivity contribution in [2.24, 2.45) is 0 Å². The van der Waals surface area contributed by atoms with Gasteiger partial charge in [0.25, 0.3) is 8.18 Å². The molecule has 1 aromatic heterocycles. The van der Waals surface area contributed by atoms with E-state index in [0.29, 0.717) is 27.2 Å². The monoisotopic (exact) mass is 303 g/mol. The molecule has 1 aromatic carbocycles. The van der Waals surface area contributed by atoms with Crippen LogP contribution in [-0.4, -0.2) is 25.9 Å². The van der Waals surface area contributed by atoms with E-state index in [1.807, 2.05) is 0 Å². The first kappa shape index (κ1) is 14.0. The number of benzene rings is 1. The zero-order valence-corrected chi connectivity index (χ0v) is 11.6. The zero-order chi connectivity index (χ0) is 14.2. The largest absolute Gasteiger partial charge is 0.475 e. The standard InChI is InChI=1S/C10H11ClN3O4P/c1-4-5(3-12-19(17)18)8-7(2-6(4)11)13-9(14-8)10(15)16/h2,19H,3H2,1H3,(H,13,14)(H,15,16)(H2,12,17,18). The van der Waals surface area contributed by atoms with Crippen LogP contribution in [0.4, 0.5) is 0 Å². The van der Waals surface area contributed by atoms with Gasteiger partial charge in [0.1, 0.15) is 0 Å². The molecule has 0 aliphatic carbocycles. The number of nitrogens with one attached hydrogen (secondary N) is 2. The lowest BCUT2D eigenvalue weighted by Crippen LogP contribution is -2.05. The van der Waals surface area contributed by atoms with Crippen LogP contribution in [0.1, 0.15) is 21.7 Å². The molecule has 0 bridgehead atoms. The predicted octanol–water partition coefficient (Wildman–Crippen LogP) is 1.69. The molecule has 1 heterocycles. The van der Waals surface area contributed by atoms with Crippen LogP contribution in [0.15, 0.2) is 6.07 Å². The first-order valence-electron chi connectivity index (χ1n) is 5.28. The number of H-pyrrole nitrogens is 1. The highest BCUT2D eigenvalue weighted by Gasteiger charge is 2.16. The van der Waals surface area contributed by atoms with Crippen LogP contribution in [0.5, 0.6) is 0 Å². The van der Waals surface area contributed by atoms with E-state index in [1.165, 1.54) is 0 Å². The van der Waals surface area contributed by atoms with Crippen molar-refractivity contribution in [2.45, 2.75) is 13.5 Å². The first-order chi connectivity index (χ1) is 8.90. The Morgan fingerprint density at radius 2 is 2.32 bits per heavy atom. The van der Waals surface area contributed by atoms with E-state index in [0.717, 1.165) is 0 Å². The van der Waals surface area contributed by atoms with Gasteiger partial charge in [-0.15, -0.1) is 0 Å². The van der Waals surface area contributed by atoms with Crippen LogP contribution >= 0.6 is 19.8 Å². The SMILES string of the molecule is Cc1c(Cl)cc2[nH]c(C(=O)O)nc2c1CN[PH](=O)O. The highest BCUT2D eigenvalue weighted by molar-refractivity contribution is 7.35. The Bertz CT molecular complexity index is 685. The number of hydrogen-bond donors (Lipinski definition) is 4. The number of rotatable bonds is 4. The van der Waals surface area contributed by atoms with Gasteiger partial charge >= 0.3 is 5.97 Å². The Hall–Kier alpha value is -1.40. The van der Waals surface area contributed by atoms with Crippen molar-refractivity contribution in [1.29, 1.82) is 0 Å². The van der Waals surface area contributed by atoms with Gasteiger partial charge in [0.05, 0.1) is 11.0 Å². The molecule has 0 fully saturated rings. The highest BCUT2D eigenvalue weighted by atomic mass is 35.5. The summed E-state index contributed by atoms with van der Waals surface area (Å²) in [7, 11) is -2.84. The van der Waals surface area contributed by atoms with E-state index < -0.39 is 14.1 Å². The lowest BCUT2D eigenvalue weighted by molar-refractivity contribution is 0.0685. The van der Waals surface area contributed by atoms with Gasteiger partial charge in [-0.1, -0.05) is 11.6 Å². The molecule has 7 nitrogen and oxygen atoms in total. The molecule has 0 saturated carbocycles. The van der Waals surface area contributed by atoms with Gasteiger partial charge in [0.15, 0.2) is 0 Å². The van der Waals surface area contributed by atoms with Crippen molar-refractivity contribution in [2.75, 3.05) is 0 Å². The Kier molecular flexibility index (Phi) is 3.91. The van der Waals surface area contributed by atoms with E-state index in [-0.39, 0.29) is 12.4 Å². The Morgan fingerprint density at radius 1 is 1.63 bits per heavy atom. The second-order valence-corrected chi connectivity index (χ2v) is 5.28. The molecule has 0 amide bonds. The summed E-state index contributed by atoms with van der Waals surface area (Å²) in [6.45, 7) is 1.82. The zero-order valence-electron chi connectivity index (χ0n) is 9.82. The Labute approximate surface area is 113 Å². The van der Waals surface area contributed by atoms with E-state index in [2.05, 4.69) is 15.1 Å². The third-order valence-electron chi connectivity index (χ3n) is 2.72. The number of carboxylic acid groups (broad SMARTS) is 1. The topological polar surface area (TPSA) is 115 Å². The van der Waals surface area contributed by atoms with E-state index >= 15 is 0 Å². The van der Waals surface area contributed by atoms with Crippen molar-refractivity contribution < 1.29 is 19.4 Å². The molecule has 0 saturated heterocycles. The fourth-order valence-electron chi connectivity index (χ4n) is 1.76. The minimum Gasteiger partial charge on any atom is -0.475 e. The molecule has 0 aliphatic rings. The average Bonchev–Trinajstić information content (AvgIpc) is 2.73. The van der Waals surface area contributed by atoms with Gasteiger partial charge in [0.2, 0.25) is 5.82 Å². The summed E-state index contributed by atoms with van der Waals surface area (Å²) in [6, 6.07) is 1.58. The maximum Gasteiger partial charge on any atom is 0.371 e. The molecule has 0 aliphatic heterocycles. The highest BCUT2D eigenvalue weighted by Crippen LogP contribution is 2.28. The lowest BCUT2D eigenvalue weighted by Gasteiger charge is -2.08. The number of hydrogen-bond acceptors (Lipinski definition) is 3. The number of aromatic amines is 1. The van der Waals surface area contributed by atoms with Crippen LogP contribution in [0.3, 0.4) is 0 Å². The summed E-state index contributed by atoms with van der Waals surface area (Å²) in [4.78, 5) is 26.3. The normalized spacial score (nSPS) is 12.8. The van der Waals surface area contributed by atoms with E-state index in [9.17, 15) is 9.36 Å². The summed E-state index contributed by atoms with van der Waals surface area (Å²) in [5.74, 6) is -1.38. The first-order valence-corrected chi connectivity index (χ1v) is 7.01. The molecular weight excluding hydrogens is 293 g/mol. The maximum absolute atomic E-state index is 10.9. The summed E-state index contributed by atoms with van der Waals surface area (Å²) in [5, 5.41) is 11.7. The van der Waals surface area contributed by atoms with Gasteiger partial charge in [-0.25, -0.2) is 14.9 Å². The van der Waals surface area contributed by atoms with E-state index in [4.69, 9.17) is 21.6 Å². The lowest BCUT2D eigenvalue weighted by atomic mass is 10.1. The second-order valence-electron chi connectivity index (χ2n) is 3.91. The molecule has 2 aromatic rings. The van der Waals surface area contributed by atoms with Gasteiger partial charge in [-0.05, 0) is 24.1 Å². The molecule has 9 heteroatoms. The third-order valence-corrected chi connectivity index (χ3v) is 3.59. The molecule has 2 rings (SSSR count). The molecular formula is C10H11ClN3O4P. The van der Waals surface area contributed by atoms with Crippen molar-refractivity contribution in [3.8, 4) is 0 Å². The number of fused-ring (bicyclic) bond motifs is 1. The maximum atomic E-state index is 10.9. The molecule has 0 spiro atoms. The number of aromatic carboxylic acids is 1. The van der Waals surface area contributed by atoms with Gasteiger partial charge < -0.3 is 15.0 Å². The molecule has 102 valence electrons. The quantitative estimate of drug-likeness (QED) is 0.639. The Morgan fingerprint density at radius 3 is 2.89 bits per heavy atom. The fraction of sp³-hybridized carbons (Fsp3) is 0.200. The van der Waals surface area contributed by atoms with Crippen LogP contribution in [0.2, 0.25) is 5.02 Å². The minimum atomic E-state index is -2.84. The smallest absolute Gasteiger partial charge is 0.371 e. The number of halogens is 1. The van der Waals surface area contributed by atoms with Crippen LogP contribution in [0.25, 0.3) is 11.0 Å². The van der Waals surface area contributed by atoms with Crippen molar-refractivity contribution in [3.63, 3.8) is 0 Å². The number of nitrogens with zero attached hydrogens (tertiary/aromatic N) is 1. The summed E-state index contributed by atoms with van der Waals surface area (Å²) >= 11 is 6.04. The molecule has 0 radical (unpaired) electrons. The van der Waals surface area contributed by atoms with Gasteiger partial charge in [0, 0.05) is 11.6 Å². The van der Waals surface area contributed by atoms with Gasteiger partial charge in [-0.3, -0.25) is 4.57 Å². The molecule has 1 atom stereocenters. The summed E-state index contributed by atoms with van der Waals surface area (Å²) in [5.41, 5.74) is 2.18. The number of carbonyl (C=O) groups is 1. The molecule has 1 unspecified atom stereocenters. The molecule has 19 heavy (non-hydrogen) atoms. The predicted molar refractivity (Wildman–Crippen MR) is 70.9 cm³/mol. The van der Waals surface area contributed by atoms with Crippen LogP contribution < -0.4 is 5.09 Å². The van der Waals surface area contributed by atoms with E-state index in [1.54, 1.807) is 13.0 Å². The van der Waals surface area contributed by atoms with Crippen molar-refractivity contribution in [3.05, 3.63) is 28.0 Å². The minimum absolute atomic E-state index is 0.0844. The number of carboxylic acids is 1. The summed E-state index contributed by atoms with van der Waals surface area (Å²) < 4.78 is 10.7. The van der Waals surface area contributed by atoms with Crippen molar-refractivity contribution >= 4 is 36.8 Å². The van der Waals surface area contributed by atoms with Crippen LogP contribution in [-0.2, 0) is 11.1 Å².